The van der Waals surface area contributed by atoms with Crippen LogP contribution in [0.2, 0.25) is 0 Å². The molecule has 14 rings (SSSR count). The topological polar surface area (TPSA) is 0 Å². The van der Waals surface area contributed by atoms with Crippen molar-refractivity contribution < 1.29 is 0 Å². The third-order valence-electron chi connectivity index (χ3n) is 15.6. The van der Waals surface area contributed by atoms with Crippen molar-refractivity contribution >= 4 is 53.9 Å². The van der Waals surface area contributed by atoms with E-state index in [4.69, 9.17) is 0 Å². The van der Waals surface area contributed by atoms with Crippen molar-refractivity contribution in [3.63, 3.8) is 0 Å². The highest BCUT2D eigenvalue weighted by atomic mass is 14.4. The molecule has 0 heterocycles. The second-order valence-corrected chi connectivity index (χ2v) is 20.0. The van der Waals surface area contributed by atoms with Gasteiger partial charge in [-0.25, -0.2) is 0 Å². The maximum absolute atomic E-state index is 2.53. The lowest BCUT2D eigenvalue weighted by Gasteiger charge is -2.24. The lowest BCUT2D eigenvalue weighted by atomic mass is 9.79. The van der Waals surface area contributed by atoms with Crippen LogP contribution in [0.4, 0.5) is 0 Å². The Morgan fingerprint density at radius 1 is 0.211 bits per heavy atom. The monoisotopic (exact) mass is 900 g/mol. The van der Waals surface area contributed by atoms with Gasteiger partial charge in [-0.1, -0.05) is 226 Å². The molecule has 0 atom stereocenters. The van der Waals surface area contributed by atoms with E-state index in [-0.39, 0.29) is 5.41 Å². The minimum Gasteiger partial charge on any atom is -0.0622 e. The number of fused-ring (bicyclic) bond motifs is 8. The first kappa shape index (κ1) is 41.2. The van der Waals surface area contributed by atoms with Gasteiger partial charge >= 0.3 is 0 Å². The van der Waals surface area contributed by atoms with Gasteiger partial charge in [0.25, 0.3) is 0 Å². The number of rotatable bonds is 6. The minimum absolute atomic E-state index is 0.210. The Labute approximate surface area is 414 Å². The molecule has 0 spiro atoms. The zero-order valence-corrected chi connectivity index (χ0v) is 39.7. The van der Waals surface area contributed by atoms with Gasteiger partial charge in [-0.15, -0.1) is 0 Å². The first-order chi connectivity index (χ1) is 34.9. The third kappa shape index (κ3) is 6.67. The average molecular weight is 901 g/mol. The smallest absolute Gasteiger partial charge is 0.0159 e. The SMILES string of the molecule is CC1(C)c2cc(-c3ccccc3)ccc2-c2ccc(-c3c4ccccc4c(-c4cccc(-c5cccc6ccccc56)c4)c4cc(-c5ccc6ccccc6c5)c(-c5ccc6ccccc6c5)cc34)cc21. The summed E-state index contributed by atoms with van der Waals surface area (Å²) in [7, 11) is 0. The summed E-state index contributed by atoms with van der Waals surface area (Å²) < 4.78 is 0. The molecule has 0 saturated heterocycles. The second kappa shape index (κ2) is 16.1. The van der Waals surface area contributed by atoms with Gasteiger partial charge in [-0.05, 0) is 185 Å². The fourth-order valence-corrected chi connectivity index (χ4v) is 12.1. The zero-order chi connectivity index (χ0) is 47.2. The van der Waals surface area contributed by atoms with Gasteiger partial charge in [-0.3, -0.25) is 0 Å². The summed E-state index contributed by atoms with van der Waals surface area (Å²) >= 11 is 0. The van der Waals surface area contributed by atoms with Crippen LogP contribution in [0, 0.1) is 0 Å². The molecular weight excluding hydrogens is 853 g/mol. The van der Waals surface area contributed by atoms with Crippen LogP contribution in [-0.2, 0) is 5.41 Å². The van der Waals surface area contributed by atoms with Crippen LogP contribution in [0.5, 0.6) is 0 Å². The number of hydrogen-bond acceptors (Lipinski definition) is 0. The van der Waals surface area contributed by atoms with Crippen LogP contribution in [0.1, 0.15) is 25.0 Å². The van der Waals surface area contributed by atoms with Gasteiger partial charge in [0, 0.05) is 5.41 Å². The van der Waals surface area contributed by atoms with Crippen molar-refractivity contribution in [3.05, 3.63) is 266 Å². The van der Waals surface area contributed by atoms with E-state index in [1.54, 1.807) is 0 Å². The van der Waals surface area contributed by atoms with Crippen LogP contribution >= 0.6 is 0 Å². The molecule has 0 unspecified atom stereocenters. The predicted octanol–water partition coefficient (Wildman–Crippen LogP) is 19.8. The third-order valence-corrected chi connectivity index (χ3v) is 15.6. The molecule has 0 aliphatic heterocycles. The van der Waals surface area contributed by atoms with Crippen molar-refractivity contribution in [1.29, 1.82) is 0 Å². The molecule has 0 amide bonds. The lowest BCUT2D eigenvalue weighted by molar-refractivity contribution is 0.661. The number of hydrogen-bond donors (Lipinski definition) is 0. The van der Waals surface area contributed by atoms with Crippen molar-refractivity contribution in [2.45, 2.75) is 19.3 Å². The van der Waals surface area contributed by atoms with Crippen LogP contribution in [-0.4, -0.2) is 0 Å². The fourth-order valence-electron chi connectivity index (χ4n) is 12.1. The van der Waals surface area contributed by atoms with E-state index in [2.05, 4.69) is 269 Å². The largest absolute Gasteiger partial charge is 0.0622 e. The molecule has 13 aromatic carbocycles. The van der Waals surface area contributed by atoms with Gasteiger partial charge in [0.1, 0.15) is 0 Å². The molecule has 0 saturated carbocycles. The van der Waals surface area contributed by atoms with E-state index in [1.807, 2.05) is 0 Å². The van der Waals surface area contributed by atoms with Crippen molar-refractivity contribution in [2.75, 3.05) is 0 Å². The fraction of sp³-hybridized carbons (Fsp3) is 0.0423. The van der Waals surface area contributed by atoms with Gasteiger partial charge in [0.2, 0.25) is 0 Å². The molecule has 0 aromatic heterocycles. The maximum Gasteiger partial charge on any atom is 0.0159 e. The molecular formula is C71H48. The van der Waals surface area contributed by atoms with Crippen molar-refractivity contribution in [3.8, 4) is 77.9 Å². The van der Waals surface area contributed by atoms with Crippen LogP contribution in [0.3, 0.4) is 0 Å². The summed E-state index contributed by atoms with van der Waals surface area (Å²) in [4.78, 5) is 0. The lowest BCUT2D eigenvalue weighted by Crippen LogP contribution is -2.15. The quantitative estimate of drug-likeness (QED) is 0.146. The van der Waals surface area contributed by atoms with E-state index >= 15 is 0 Å². The Balaban J connectivity index is 1.07. The molecule has 1 aliphatic rings. The van der Waals surface area contributed by atoms with Gasteiger partial charge < -0.3 is 0 Å². The molecule has 0 fully saturated rings. The molecule has 71 heavy (non-hydrogen) atoms. The van der Waals surface area contributed by atoms with E-state index in [0.29, 0.717) is 0 Å². The Kier molecular flexibility index (Phi) is 9.35. The molecule has 0 nitrogen and oxygen atoms in total. The molecule has 0 radical (unpaired) electrons. The van der Waals surface area contributed by atoms with Gasteiger partial charge in [0.05, 0.1) is 0 Å². The second-order valence-electron chi connectivity index (χ2n) is 20.0. The van der Waals surface area contributed by atoms with Crippen molar-refractivity contribution in [1.82, 2.24) is 0 Å². The van der Waals surface area contributed by atoms with E-state index in [1.165, 1.54) is 143 Å². The standard InChI is InChI=1S/C71H48/c1-71(2)67-41-51(45-16-4-3-5-17-45)34-36-59(67)60-37-35-56(42-68(60)71)70-62-28-13-12-27-61(62)69(55-25-14-24-52(40-55)58-29-15-23-48-20-10-11-26-57(48)58)65-43-63(53-32-30-46-18-6-8-21-49(46)38-53)64(44-66(65)70)54-33-31-47-19-7-9-22-50(47)39-54/h3-44H,1-2H3. The molecule has 332 valence electrons. The summed E-state index contributed by atoms with van der Waals surface area (Å²) in [6.45, 7) is 4.82. The molecule has 13 aromatic rings. The maximum atomic E-state index is 2.53. The minimum atomic E-state index is -0.210. The highest BCUT2D eigenvalue weighted by Crippen LogP contribution is 2.53. The Morgan fingerprint density at radius 2 is 0.634 bits per heavy atom. The average Bonchev–Trinajstić information content (AvgIpc) is 3.66. The van der Waals surface area contributed by atoms with Gasteiger partial charge in [0.15, 0.2) is 0 Å². The molecule has 0 N–H and O–H groups in total. The normalized spacial score (nSPS) is 12.8. The Hall–Kier alpha value is -8.84. The summed E-state index contributed by atoms with van der Waals surface area (Å²) in [6.07, 6.45) is 0. The highest BCUT2D eigenvalue weighted by molar-refractivity contribution is 6.23. The molecule has 0 bridgehead atoms. The Bertz CT molecular complexity index is 4300. The molecule has 0 heteroatoms. The molecule has 1 aliphatic carbocycles. The van der Waals surface area contributed by atoms with Crippen LogP contribution in [0.15, 0.2) is 255 Å². The van der Waals surface area contributed by atoms with Gasteiger partial charge in [-0.2, -0.15) is 0 Å². The van der Waals surface area contributed by atoms with Crippen LogP contribution in [0.25, 0.3) is 132 Å². The van der Waals surface area contributed by atoms with Crippen molar-refractivity contribution in [2.24, 2.45) is 0 Å². The highest BCUT2D eigenvalue weighted by Gasteiger charge is 2.36. The summed E-state index contributed by atoms with van der Waals surface area (Å²) in [5.74, 6) is 0. The summed E-state index contributed by atoms with van der Waals surface area (Å²) in [6, 6.07) is 95.5. The van der Waals surface area contributed by atoms with Crippen LogP contribution < -0.4 is 0 Å². The van der Waals surface area contributed by atoms with E-state index in [9.17, 15) is 0 Å². The number of benzene rings is 13. The predicted molar refractivity (Wildman–Crippen MR) is 304 cm³/mol. The Morgan fingerprint density at radius 3 is 1.25 bits per heavy atom. The van der Waals surface area contributed by atoms with E-state index in [0.717, 1.165) is 0 Å². The first-order valence-corrected chi connectivity index (χ1v) is 24.9. The zero-order valence-electron chi connectivity index (χ0n) is 39.7. The summed E-state index contributed by atoms with van der Waals surface area (Å²) in [5.41, 5.74) is 19.9. The van der Waals surface area contributed by atoms with E-state index < -0.39 is 0 Å². The first-order valence-electron chi connectivity index (χ1n) is 24.9. The summed E-state index contributed by atoms with van der Waals surface area (Å²) in [5, 5.41) is 12.4.